The Bertz CT molecular complexity index is 980. The molecule has 0 saturated heterocycles. The molecule has 0 aliphatic rings. The number of fused-ring (bicyclic) bond motifs is 1. The molecule has 0 aliphatic heterocycles. The predicted octanol–water partition coefficient (Wildman–Crippen LogP) is 3.72. The van der Waals surface area contributed by atoms with Crippen LogP contribution in [0.25, 0.3) is 16.7 Å². The largest absolute Gasteiger partial charge is 0.416 e. The van der Waals surface area contributed by atoms with E-state index in [2.05, 4.69) is 4.98 Å². The summed E-state index contributed by atoms with van der Waals surface area (Å²) in [6.45, 7) is 0.0248. The van der Waals surface area contributed by atoms with E-state index in [-0.39, 0.29) is 12.3 Å². The van der Waals surface area contributed by atoms with Crippen LogP contribution in [0.2, 0.25) is 0 Å². The summed E-state index contributed by atoms with van der Waals surface area (Å²) in [5, 5.41) is 9.59. The van der Waals surface area contributed by atoms with Crippen LogP contribution in [-0.4, -0.2) is 21.3 Å². The first-order valence-electron chi connectivity index (χ1n) is 8.20. The molecule has 0 amide bonds. The monoisotopic (exact) mass is 362 g/mol. The van der Waals surface area contributed by atoms with E-state index < -0.39 is 17.3 Å². The molecule has 136 valence electrons. The number of aromatic nitrogens is 2. The van der Waals surface area contributed by atoms with Crippen LogP contribution in [0.3, 0.4) is 0 Å². The van der Waals surface area contributed by atoms with Crippen molar-refractivity contribution in [2.45, 2.75) is 25.4 Å². The summed E-state index contributed by atoms with van der Waals surface area (Å²) in [6, 6.07) is 9.84. The second kappa shape index (κ2) is 7.29. The van der Waals surface area contributed by atoms with Crippen LogP contribution < -0.4 is 5.56 Å². The van der Waals surface area contributed by atoms with Gasteiger partial charge in [-0.3, -0.25) is 9.36 Å². The van der Waals surface area contributed by atoms with E-state index in [1.54, 1.807) is 18.2 Å². The third-order valence-corrected chi connectivity index (χ3v) is 4.12. The van der Waals surface area contributed by atoms with Crippen molar-refractivity contribution in [2.75, 3.05) is 6.61 Å². The smallest absolute Gasteiger partial charge is 0.396 e. The maximum Gasteiger partial charge on any atom is 0.416 e. The lowest BCUT2D eigenvalue weighted by Gasteiger charge is -2.14. The van der Waals surface area contributed by atoms with E-state index in [4.69, 9.17) is 5.11 Å². The van der Waals surface area contributed by atoms with Crippen molar-refractivity contribution in [2.24, 2.45) is 0 Å². The lowest BCUT2D eigenvalue weighted by atomic mass is 10.1. The summed E-state index contributed by atoms with van der Waals surface area (Å²) in [5.74, 6) is 0. The molecule has 0 unspecified atom stereocenters. The van der Waals surface area contributed by atoms with Gasteiger partial charge in [-0.15, -0.1) is 0 Å². The zero-order chi connectivity index (χ0) is 18.7. The number of alkyl halides is 3. The topological polar surface area (TPSA) is 55.1 Å². The summed E-state index contributed by atoms with van der Waals surface area (Å²) >= 11 is 0. The molecule has 0 atom stereocenters. The first kappa shape index (κ1) is 18.1. The molecule has 4 nitrogen and oxygen atoms in total. The number of halogens is 3. The Morgan fingerprint density at radius 2 is 1.88 bits per heavy atom. The van der Waals surface area contributed by atoms with Crippen molar-refractivity contribution in [1.29, 1.82) is 0 Å². The number of hydrogen-bond acceptors (Lipinski definition) is 3. The van der Waals surface area contributed by atoms with E-state index >= 15 is 0 Å². The van der Waals surface area contributed by atoms with Crippen molar-refractivity contribution >= 4 is 11.0 Å². The number of benzene rings is 1. The first-order chi connectivity index (χ1) is 12.4. The van der Waals surface area contributed by atoms with Gasteiger partial charge in [0.2, 0.25) is 0 Å². The van der Waals surface area contributed by atoms with Crippen LogP contribution in [-0.2, 0) is 12.6 Å². The van der Waals surface area contributed by atoms with Crippen LogP contribution in [0.4, 0.5) is 13.2 Å². The predicted molar refractivity (Wildman–Crippen MR) is 92.4 cm³/mol. The molecule has 3 aromatic rings. The maximum atomic E-state index is 13.1. The maximum absolute atomic E-state index is 13.1. The zero-order valence-corrected chi connectivity index (χ0v) is 13.8. The molecule has 0 fully saturated rings. The van der Waals surface area contributed by atoms with Gasteiger partial charge in [0, 0.05) is 23.8 Å². The molecule has 0 radical (unpaired) electrons. The third kappa shape index (κ3) is 3.62. The van der Waals surface area contributed by atoms with Gasteiger partial charge < -0.3 is 5.11 Å². The van der Waals surface area contributed by atoms with E-state index in [1.807, 2.05) is 0 Å². The Hall–Kier alpha value is -2.67. The molecule has 2 aromatic heterocycles. The number of pyridine rings is 2. The van der Waals surface area contributed by atoms with Crippen LogP contribution in [0, 0.1) is 0 Å². The standard InChI is InChI=1S/C19H17F3N2O2/c20-19(21,22)15-7-3-8-16(12-15)24-17-13(6-4-9-23-17)11-14(18(24)26)5-1-2-10-25/h3-4,6-9,11-12,25H,1-2,5,10H2. The van der Waals surface area contributed by atoms with Crippen molar-refractivity contribution in [1.82, 2.24) is 9.55 Å². The molecular weight excluding hydrogens is 345 g/mol. The molecule has 0 saturated carbocycles. The Morgan fingerprint density at radius 3 is 2.62 bits per heavy atom. The third-order valence-electron chi connectivity index (χ3n) is 4.12. The molecule has 0 bridgehead atoms. The fourth-order valence-electron chi connectivity index (χ4n) is 2.87. The number of nitrogens with zero attached hydrogens (tertiary/aromatic N) is 2. The van der Waals surface area contributed by atoms with Gasteiger partial charge in [0.1, 0.15) is 5.65 Å². The van der Waals surface area contributed by atoms with Gasteiger partial charge in [0.25, 0.3) is 5.56 Å². The normalized spacial score (nSPS) is 11.8. The second-order valence-electron chi connectivity index (χ2n) is 5.96. The Morgan fingerprint density at radius 1 is 1.08 bits per heavy atom. The van der Waals surface area contributed by atoms with Crippen LogP contribution >= 0.6 is 0 Å². The quantitative estimate of drug-likeness (QED) is 0.704. The number of aliphatic hydroxyl groups excluding tert-OH is 1. The highest BCUT2D eigenvalue weighted by atomic mass is 19.4. The number of aryl methyl sites for hydroxylation is 1. The van der Waals surface area contributed by atoms with Gasteiger partial charge in [0.05, 0.1) is 11.3 Å². The van der Waals surface area contributed by atoms with Gasteiger partial charge in [0.15, 0.2) is 0 Å². The molecular formula is C19H17F3N2O2. The molecule has 0 aliphatic carbocycles. The summed E-state index contributed by atoms with van der Waals surface area (Å²) in [7, 11) is 0. The fourth-order valence-corrected chi connectivity index (χ4v) is 2.87. The fraction of sp³-hybridized carbons (Fsp3) is 0.263. The van der Waals surface area contributed by atoms with Gasteiger partial charge >= 0.3 is 6.18 Å². The van der Waals surface area contributed by atoms with E-state index in [0.29, 0.717) is 35.9 Å². The summed E-state index contributed by atoms with van der Waals surface area (Å²) in [6.07, 6.45) is -1.41. The Balaban J connectivity index is 2.21. The SMILES string of the molecule is O=c1c(CCCCO)cc2cccnc2n1-c1cccc(C(F)(F)F)c1. The van der Waals surface area contributed by atoms with Gasteiger partial charge in [-0.05, 0) is 55.7 Å². The Labute approximate surface area is 147 Å². The van der Waals surface area contributed by atoms with E-state index in [1.165, 1.54) is 22.9 Å². The lowest BCUT2D eigenvalue weighted by Crippen LogP contribution is -2.24. The number of hydrogen-bond donors (Lipinski definition) is 1. The molecule has 2 heterocycles. The van der Waals surface area contributed by atoms with Crippen LogP contribution in [0.15, 0.2) is 53.5 Å². The van der Waals surface area contributed by atoms with Crippen molar-refractivity contribution in [3.8, 4) is 5.69 Å². The van der Waals surface area contributed by atoms with Crippen molar-refractivity contribution in [3.63, 3.8) is 0 Å². The number of unbranched alkanes of at least 4 members (excludes halogenated alkanes) is 1. The highest BCUT2D eigenvalue weighted by Crippen LogP contribution is 2.30. The average Bonchev–Trinajstić information content (AvgIpc) is 2.62. The number of aliphatic hydroxyl groups is 1. The summed E-state index contributed by atoms with van der Waals surface area (Å²) in [5.41, 5.74) is -0.304. The van der Waals surface area contributed by atoms with E-state index in [9.17, 15) is 18.0 Å². The van der Waals surface area contributed by atoms with Crippen molar-refractivity contribution < 1.29 is 18.3 Å². The van der Waals surface area contributed by atoms with E-state index in [0.717, 1.165) is 12.1 Å². The highest BCUT2D eigenvalue weighted by molar-refractivity contribution is 5.77. The number of rotatable bonds is 5. The minimum Gasteiger partial charge on any atom is -0.396 e. The summed E-state index contributed by atoms with van der Waals surface area (Å²) < 4.78 is 40.4. The minimum atomic E-state index is -4.50. The van der Waals surface area contributed by atoms with Gasteiger partial charge in [-0.1, -0.05) is 6.07 Å². The van der Waals surface area contributed by atoms with Gasteiger partial charge in [-0.2, -0.15) is 13.2 Å². The molecule has 3 rings (SSSR count). The highest BCUT2D eigenvalue weighted by Gasteiger charge is 2.30. The lowest BCUT2D eigenvalue weighted by molar-refractivity contribution is -0.137. The molecule has 1 N–H and O–H groups in total. The molecule has 7 heteroatoms. The van der Waals surface area contributed by atoms with Crippen LogP contribution in [0.1, 0.15) is 24.0 Å². The second-order valence-corrected chi connectivity index (χ2v) is 5.96. The van der Waals surface area contributed by atoms with Gasteiger partial charge in [-0.25, -0.2) is 4.98 Å². The van der Waals surface area contributed by atoms with Crippen LogP contribution in [0.5, 0.6) is 0 Å². The Kier molecular flexibility index (Phi) is 5.08. The minimum absolute atomic E-state index is 0.0248. The first-order valence-corrected chi connectivity index (χ1v) is 8.20. The average molecular weight is 362 g/mol. The zero-order valence-electron chi connectivity index (χ0n) is 13.8. The molecule has 0 spiro atoms. The molecule has 26 heavy (non-hydrogen) atoms. The van der Waals surface area contributed by atoms with Crippen molar-refractivity contribution in [3.05, 3.63) is 70.1 Å². The molecule has 1 aromatic carbocycles. The summed E-state index contributed by atoms with van der Waals surface area (Å²) in [4.78, 5) is 17.1.